The fourth-order valence-corrected chi connectivity index (χ4v) is 2.98. The van der Waals surface area contributed by atoms with Gasteiger partial charge in [-0.15, -0.1) is 11.6 Å². The first kappa shape index (κ1) is 13.8. The normalized spacial score (nSPS) is 25.4. The van der Waals surface area contributed by atoms with Crippen LogP contribution in [0.15, 0.2) is 12.1 Å². The predicted octanol–water partition coefficient (Wildman–Crippen LogP) is 4.37. The van der Waals surface area contributed by atoms with Gasteiger partial charge in [0.05, 0.1) is 11.5 Å². The van der Waals surface area contributed by atoms with Crippen LogP contribution in [0.4, 0.5) is 8.78 Å². The van der Waals surface area contributed by atoms with Crippen molar-refractivity contribution in [2.75, 3.05) is 6.61 Å². The molecule has 3 unspecified atom stereocenters. The molecular weight excluding hydrogens is 258 g/mol. The molecule has 0 radical (unpaired) electrons. The standard InChI is InChI=1S/C14H17ClF2O/c1-3-13-9(4-5-18-13)14(15)10-7-11(16)8(2)6-12(10)17/h6-7,9,13-14H,3-5H2,1-2H3. The summed E-state index contributed by atoms with van der Waals surface area (Å²) in [4.78, 5) is 0. The van der Waals surface area contributed by atoms with E-state index in [1.807, 2.05) is 6.92 Å². The molecular formula is C14H17ClF2O. The molecule has 18 heavy (non-hydrogen) atoms. The van der Waals surface area contributed by atoms with Crippen molar-refractivity contribution in [1.29, 1.82) is 0 Å². The molecule has 1 nitrogen and oxygen atoms in total. The Morgan fingerprint density at radius 3 is 2.78 bits per heavy atom. The first-order valence-corrected chi connectivity index (χ1v) is 6.69. The van der Waals surface area contributed by atoms with Crippen LogP contribution < -0.4 is 0 Å². The van der Waals surface area contributed by atoms with E-state index in [4.69, 9.17) is 16.3 Å². The monoisotopic (exact) mass is 274 g/mol. The molecule has 1 aliphatic heterocycles. The smallest absolute Gasteiger partial charge is 0.128 e. The maximum Gasteiger partial charge on any atom is 0.128 e. The second-order valence-corrected chi connectivity index (χ2v) is 5.26. The van der Waals surface area contributed by atoms with E-state index in [0.717, 1.165) is 12.8 Å². The summed E-state index contributed by atoms with van der Waals surface area (Å²) in [5.41, 5.74) is 0.545. The topological polar surface area (TPSA) is 9.23 Å². The lowest BCUT2D eigenvalue weighted by Crippen LogP contribution is -2.20. The largest absolute Gasteiger partial charge is 0.378 e. The van der Waals surface area contributed by atoms with Crippen LogP contribution in [-0.4, -0.2) is 12.7 Å². The van der Waals surface area contributed by atoms with E-state index in [-0.39, 0.29) is 17.6 Å². The van der Waals surface area contributed by atoms with E-state index < -0.39 is 17.0 Å². The fraction of sp³-hybridized carbons (Fsp3) is 0.571. The van der Waals surface area contributed by atoms with Gasteiger partial charge in [-0.2, -0.15) is 0 Å². The molecule has 3 atom stereocenters. The van der Waals surface area contributed by atoms with Crippen LogP contribution in [0.2, 0.25) is 0 Å². The van der Waals surface area contributed by atoms with Gasteiger partial charge in [-0.3, -0.25) is 0 Å². The number of hydrogen-bond donors (Lipinski definition) is 0. The predicted molar refractivity (Wildman–Crippen MR) is 67.8 cm³/mol. The van der Waals surface area contributed by atoms with Crippen molar-refractivity contribution in [3.63, 3.8) is 0 Å². The molecule has 0 bridgehead atoms. The molecule has 1 saturated heterocycles. The summed E-state index contributed by atoms with van der Waals surface area (Å²) >= 11 is 6.33. The Labute approximate surface area is 111 Å². The molecule has 1 heterocycles. The maximum absolute atomic E-state index is 13.9. The number of alkyl halides is 1. The summed E-state index contributed by atoms with van der Waals surface area (Å²) in [5, 5.41) is -0.535. The minimum absolute atomic E-state index is 0.0382. The Balaban J connectivity index is 2.28. The average molecular weight is 275 g/mol. The lowest BCUT2D eigenvalue weighted by molar-refractivity contribution is 0.0862. The summed E-state index contributed by atoms with van der Waals surface area (Å²) in [6, 6.07) is 2.42. The summed E-state index contributed by atoms with van der Waals surface area (Å²) in [6.45, 7) is 4.19. The zero-order valence-corrected chi connectivity index (χ0v) is 11.3. The quantitative estimate of drug-likeness (QED) is 0.744. The summed E-state index contributed by atoms with van der Waals surface area (Å²) < 4.78 is 33.0. The van der Waals surface area contributed by atoms with E-state index in [0.29, 0.717) is 12.2 Å². The highest BCUT2D eigenvalue weighted by Crippen LogP contribution is 2.40. The Bertz CT molecular complexity index is 436. The number of aryl methyl sites for hydroxylation is 1. The highest BCUT2D eigenvalue weighted by atomic mass is 35.5. The number of benzene rings is 1. The van der Waals surface area contributed by atoms with Gasteiger partial charge in [-0.1, -0.05) is 6.92 Å². The number of hydrogen-bond acceptors (Lipinski definition) is 1. The fourth-order valence-electron chi connectivity index (χ4n) is 2.52. The zero-order chi connectivity index (χ0) is 13.3. The third kappa shape index (κ3) is 2.52. The summed E-state index contributed by atoms with van der Waals surface area (Å²) in [6.07, 6.45) is 1.67. The van der Waals surface area contributed by atoms with Gasteiger partial charge >= 0.3 is 0 Å². The van der Waals surface area contributed by atoms with Gasteiger partial charge < -0.3 is 4.74 Å². The second-order valence-electron chi connectivity index (χ2n) is 4.79. The molecule has 1 aromatic rings. The van der Waals surface area contributed by atoms with Gasteiger partial charge in [-0.25, -0.2) is 8.78 Å². The van der Waals surface area contributed by atoms with Crippen molar-refractivity contribution in [2.24, 2.45) is 5.92 Å². The van der Waals surface area contributed by atoms with Crippen LogP contribution in [0.25, 0.3) is 0 Å². The highest BCUT2D eigenvalue weighted by molar-refractivity contribution is 6.21. The highest BCUT2D eigenvalue weighted by Gasteiger charge is 2.34. The molecule has 2 rings (SSSR count). The molecule has 0 saturated carbocycles. The minimum atomic E-state index is -0.535. The van der Waals surface area contributed by atoms with Crippen molar-refractivity contribution in [1.82, 2.24) is 0 Å². The van der Waals surface area contributed by atoms with Gasteiger partial charge in [0.15, 0.2) is 0 Å². The molecule has 0 aliphatic carbocycles. The maximum atomic E-state index is 13.9. The lowest BCUT2D eigenvalue weighted by atomic mass is 9.90. The Hall–Kier alpha value is -0.670. The molecule has 0 N–H and O–H groups in total. The van der Waals surface area contributed by atoms with Crippen molar-refractivity contribution in [2.45, 2.75) is 38.2 Å². The average Bonchev–Trinajstić information content (AvgIpc) is 2.81. The van der Waals surface area contributed by atoms with E-state index in [9.17, 15) is 8.78 Å². The third-order valence-electron chi connectivity index (χ3n) is 3.61. The van der Waals surface area contributed by atoms with Gasteiger partial charge in [0.2, 0.25) is 0 Å². The van der Waals surface area contributed by atoms with E-state index in [1.54, 1.807) is 6.92 Å². The van der Waals surface area contributed by atoms with Crippen molar-refractivity contribution in [3.05, 3.63) is 34.9 Å². The SMILES string of the molecule is CCC1OCCC1C(Cl)c1cc(F)c(C)cc1F. The summed E-state index contributed by atoms with van der Waals surface area (Å²) in [5.74, 6) is -0.798. The number of halogens is 3. The van der Waals surface area contributed by atoms with Gasteiger partial charge in [0.25, 0.3) is 0 Å². The third-order valence-corrected chi connectivity index (χ3v) is 4.17. The van der Waals surface area contributed by atoms with Crippen LogP contribution >= 0.6 is 11.6 Å². The molecule has 0 aromatic heterocycles. The van der Waals surface area contributed by atoms with Crippen LogP contribution in [0.1, 0.15) is 36.3 Å². The van der Waals surface area contributed by atoms with E-state index in [2.05, 4.69) is 0 Å². The molecule has 0 amide bonds. The number of rotatable bonds is 3. The van der Waals surface area contributed by atoms with Crippen LogP contribution in [0.5, 0.6) is 0 Å². The Morgan fingerprint density at radius 2 is 2.11 bits per heavy atom. The van der Waals surface area contributed by atoms with Crippen LogP contribution in [0, 0.1) is 24.5 Å². The lowest BCUT2D eigenvalue weighted by Gasteiger charge is -2.23. The van der Waals surface area contributed by atoms with Crippen LogP contribution in [0.3, 0.4) is 0 Å². The van der Waals surface area contributed by atoms with Crippen molar-refractivity contribution >= 4 is 11.6 Å². The zero-order valence-electron chi connectivity index (χ0n) is 10.6. The van der Waals surface area contributed by atoms with Crippen LogP contribution in [-0.2, 0) is 4.74 Å². The molecule has 100 valence electrons. The van der Waals surface area contributed by atoms with Gasteiger partial charge in [-0.05, 0) is 37.5 Å². The van der Waals surface area contributed by atoms with Crippen molar-refractivity contribution < 1.29 is 13.5 Å². The number of ether oxygens (including phenoxy) is 1. The molecule has 4 heteroatoms. The van der Waals surface area contributed by atoms with E-state index in [1.165, 1.54) is 12.1 Å². The Kier molecular flexibility index (Phi) is 4.23. The molecule has 0 spiro atoms. The first-order chi connectivity index (χ1) is 8.54. The summed E-state index contributed by atoms with van der Waals surface area (Å²) in [7, 11) is 0. The van der Waals surface area contributed by atoms with E-state index >= 15 is 0 Å². The second kappa shape index (κ2) is 5.54. The molecule has 1 aliphatic rings. The van der Waals surface area contributed by atoms with Gasteiger partial charge in [0, 0.05) is 18.1 Å². The van der Waals surface area contributed by atoms with Crippen molar-refractivity contribution in [3.8, 4) is 0 Å². The minimum Gasteiger partial charge on any atom is -0.378 e. The molecule has 1 fully saturated rings. The first-order valence-electron chi connectivity index (χ1n) is 6.25. The Morgan fingerprint density at radius 1 is 1.39 bits per heavy atom. The van der Waals surface area contributed by atoms with Gasteiger partial charge in [0.1, 0.15) is 11.6 Å². The molecule has 1 aromatic carbocycles.